The normalized spacial score (nSPS) is 35.9. The van der Waals surface area contributed by atoms with Crippen molar-refractivity contribution in [2.24, 2.45) is 5.92 Å². The first-order chi connectivity index (χ1) is 7.76. The van der Waals surface area contributed by atoms with Crippen LogP contribution in [0.5, 0.6) is 0 Å². The Morgan fingerprint density at radius 1 is 1.38 bits per heavy atom. The van der Waals surface area contributed by atoms with Gasteiger partial charge < -0.3 is 10.2 Å². The van der Waals surface area contributed by atoms with Crippen LogP contribution in [0.15, 0.2) is 0 Å². The van der Waals surface area contributed by atoms with E-state index in [1.165, 1.54) is 25.7 Å². The highest BCUT2D eigenvalue weighted by Gasteiger charge is 2.40. The minimum atomic E-state index is 0.303. The number of piperidine rings is 1. The van der Waals surface area contributed by atoms with Gasteiger partial charge in [-0.2, -0.15) is 0 Å². The average molecular weight is 220 g/mol. The molecule has 2 bridgehead atoms. The average Bonchev–Trinajstić information content (AvgIpc) is 2.54. The van der Waals surface area contributed by atoms with Gasteiger partial charge in [0.25, 0.3) is 0 Å². The van der Waals surface area contributed by atoms with Gasteiger partial charge in [-0.15, -0.1) is 6.42 Å². The number of nitrogens with zero attached hydrogens (tertiary/aromatic N) is 1. The lowest BCUT2D eigenvalue weighted by molar-refractivity contribution is 0.123. The summed E-state index contributed by atoms with van der Waals surface area (Å²) in [5.74, 6) is 3.66. The second-order valence-corrected chi connectivity index (χ2v) is 5.38. The topological polar surface area (TPSA) is 15.3 Å². The minimum Gasteiger partial charge on any atom is -0.303 e. The van der Waals surface area contributed by atoms with E-state index in [-0.39, 0.29) is 0 Å². The molecular weight excluding hydrogens is 196 g/mol. The van der Waals surface area contributed by atoms with Gasteiger partial charge in [0.05, 0.1) is 6.04 Å². The molecule has 2 nitrogen and oxygen atoms in total. The van der Waals surface area contributed by atoms with Gasteiger partial charge in [-0.25, -0.2) is 0 Å². The van der Waals surface area contributed by atoms with Crippen molar-refractivity contribution in [3.05, 3.63) is 0 Å². The van der Waals surface area contributed by atoms with Crippen LogP contribution in [-0.2, 0) is 0 Å². The predicted molar refractivity (Wildman–Crippen MR) is 68.2 cm³/mol. The molecule has 0 aromatic carbocycles. The number of hydrogen-bond donors (Lipinski definition) is 1. The van der Waals surface area contributed by atoms with Crippen molar-refractivity contribution in [1.82, 2.24) is 10.2 Å². The summed E-state index contributed by atoms with van der Waals surface area (Å²) >= 11 is 0. The maximum Gasteiger partial charge on any atom is 0.0716 e. The van der Waals surface area contributed by atoms with Crippen LogP contribution in [-0.4, -0.2) is 36.6 Å². The van der Waals surface area contributed by atoms with Crippen LogP contribution < -0.4 is 5.32 Å². The fraction of sp³-hybridized carbons (Fsp3) is 0.857. The SMILES string of the molecule is C#CC(NCCC)C1CC2CCC(C1)N2C. The Kier molecular flexibility index (Phi) is 3.89. The molecule has 3 atom stereocenters. The molecule has 0 aromatic heterocycles. The Balaban J connectivity index is 1.93. The fourth-order valence-electron chi connectivity index (χ4n) is 3.39. The van der Waals surface area contributed by atoms with Gasteiger partial charge in [0, 0.05) is 12.1 Å². The molecule has 2 heterocycles. The fourth-order valence-corrected chi connectivity index (χ4v) is 3.39. The Morgan fingerprint density at radius 3 is 2.50 bits per heavy atom. The van der Waals surface area contributed by atoms with E-state index in [1.807, 2.05) is 0 Å². The zero-order valence-electron chi connectivity index (χ0n) is 10.6. The molecule has 2 saturated heterocycles. The lowest BCUT2D eigenvalue weighted by Crippen LogP contribution is -2.46. The van der Waals surface area contributed by atoms with Gasteiger partial charge in [-0.3, -0.25) is 0 Å². The maximum absolute atomic E-state index is 5.66. The summed E-state index contributed by atoms with van der Waals surface area (Å²) in [5.41, 5.74) is 0. The van der Waals surface area contributed by atoms with Crippen LogP contribution in [0.25, 0.3) is 0 Å². The summed E-state index contributed by atoms with van der Waals surface area (Å²) in [6.07, 6.45) is 12.2. The molecule has 2 rings (SSSR count). The van der Waals surface area contributed by atoms with E-state index in [0.717, 1.165) is 25.0 Å². The van der Waals surface area contributed by atoms with Crippen LogP contribution in [0.3, 0.4) is 0 Å². The molecule has 2 aliphatic heterocycles. The number of terminal acetylenes is 1. The van der Waals surface area contributed by atoms with Gasteiger partial charge in [-0.1, -0.05) is 12.8 Å². The van der Waals surface area contributed by atoms with Crippen molar-refractivity contribution in [2.45, 2.75) is 57.2 Å². The standard InChI is InChI=1S/C14H24N2/c1-4-8-15-14(5-2)11-9-12-6-7-13(10-11)16(12)3/h2,11-15H,4,6-10H2,1,3H3. The molecule has 3 unspecified atom stereocenters. The molecule has 90 valence electrons. The minimum absolute atomic E-state index is 0.303. The number of hydrogen-bond acceptors (Lipinski definition) is 2. The summed E-state index contributed by atoms with van der Waals surface area (Å²) < 4.78 is 0. The van der Waals surface area contributed by atoms with Crippen molar-refractivity contribution in [3.63, 3.8) is 0 Å². The summed E-state index contributed by atoms with van der Waals surface area (Å²) in [5, 5.41) is 3.52. The third-order valence-corrected chi connectivity index (χ3v) is 4.40. The summed E-state index contributed by atoms with van der Waals surface area (Å²) in [7, 11) is 2.28. The summed E-state index contributed by atoms with van der Waals surface area (Å²) in [6.45, 7) is 3.25. The van der Waals surface area contributed by atoms with Crippen LogP contribution in [0.2, 0.25) is 0 Å². The smallest absolute Gasteiger partial charge is 0.0716 e. The Morgan fingerprint density at radius 2 is 2.00 bits per heavy atom. The zero-order chi connectivity index (χ0) is 11.5. The van der Waals surface area contributed by atoms with Crippen LogP contribution in [0, 0.1) is 18.3 Å². The number of rotatable bonds is 4. The molecule has 1 N–H and O–H groups in total. The third-order valence-electron chi connectivity index (χ3n) is 4.40. The monoisotopic (exact) mass is 220 g/mol. The van der Waals surface area contributed by atoms with E-state index in [0.29, 0.717) is 12.0 Å². The quantitative estimate of drug-likeness (QED) is 0.728. The number of nitrogens with one attached hydrogen (secondary N) is 1. The highest BCUT2D eigenvalue weighted by Crippen LogP contribution is 2.38. The predicted octanol–water partition coefficient (Wildman–Crippen LogP) is 1.86. The van der Waals surface area contributed by atoms with E-state index >= 15 is 0 Å². The third kappa shape index (κ3) is 2.26. The molecule has 0 spiro atoms. The van der Waals surface area contributed by atoms with Crippen LogP contribution >= 0.6 is 0 Å². The Hall–Kier alpha value is -0.520. The van der Waals surface area contributed by atoms with Crippen molar-refractivity contribution >= 4 is 0 Å². The highest BCUT2D eigenvalue weighted by atomic mass is 15.2. The maximum atomic E-state index is 5.66. The van der Waals surface area contributed by atoms with Crippen molar-refractivity contribution in [2.75, 3.05) is 13.6 Å². The molecule has 0 saturated carbocycles. The highest BCUT2D eigenvalue weighted by molar-refractivity contribution is 5.07. The van der Waals surface area contributed by atoms with Gasteiger partial charge in [0.15, 0.2) is 0 Å². The molecule has 0 aromatic rings. The molecule has 0 aliphatic carbocycles. The van der Waals surface area contributed by atoms with E-state index in [4.69, 9.17) is 6.42 Å². The lowest BCUT2D eigenvalue weighted by atomic mass is 9.85. The van der Waals surface area contributed by atoms with Crippen molar-refractivity contribution in [3.8, 4) is 12.3 Å². The molecular formula is C14H24N2. The summed E-state index contributed by atoms with van der Waals surface area (Å²) in [6, 6.07) is 1.89. The molecule has 2 fully saturated rings. The lowest BCUT2D eigenvalue weighted by Gasteiger charge is -2.38. The first-order valence-corrected chi connectivity index (χ1v) is 6.67. The van der Waals surface area contributed by atoms with Crippen LogP contribution in [0.1, 0.15) is 39.0 Å². The van der Waals surface area contributed by atoms with E-state index in [1.54, 1.807) is 0 Å². The second kappa shape index (κ2) is 5.21. The van der Waals surface area contributed by atoms with Crippen molar-refractivity contribution < 1.29 is 0 Å². The van der Waals surface area contributed by atoms with Gasteiger partial charge in [0.2, 0.25) is 0 Å². The molecule has 2 heteroatoms. The van der Waals surface area contributed by atoms with E-state index in [2.05, 4.69) is 30.1 Å². The van der Waals surface area contributed by atoms with Gasteiger partial charge in [-0.05, 0) is 51.6 Å². The van der Waals surface area contributed by atoms with E-state index < -0.39 is 0 Å². The van der Waals surface area contributed by atoms with Crippen LogP contribution in [0.4, 0.5) is 0 Å². The Bertz CT molecular complexity index is 254. The van der Waals surface area contributed by atoms with Gasteiger partial charge in [0.1, 0.15) is 0 Å². The number of fused-ring (bicyclic) bond motifs is 2. The van der Waals surface area contributed by atoms with Gasteiger partial charge >= 0.3 is 0 Å². The summed E-state index contributed by atoms with van der Waals surface area (Å²) in [4.78, 5) is 2.57. The first-order valence-electron chi connectivity index (χ1n) is 6.67. The second-order valence-electron chi connectivity index (χ2n) is 5.38. The molecule has 2 aliphatic rings. The Labute approximate surface area is 99.8 Å². The molecule has 16 heavy (non-hydrogen) atoms. The van der Waals surface area contributed by atoms with E-state index in [9.17, 15) is 0 Å². The largest absolute Gasteiger partial charge is 0.303 e. The first kappa shape index (κ1) is 12.0. The zero-order valence-corrected chi connectivity index (χ0v) is 10.6. The molecule has 0 amide bonds. The molecule has 0 radical (unpaired) electrons. The van der Waals surface area contributed by atoms with Crippen molar-refractivity contribution in [1.29, 1.82) is 0 Å².